The van der Waals surface area contributed by atoms with Gasteiger partial charge in [-0.3, -0.25) is 10.0 Å². The number of pyridine rings is 2. The van der Waals surface area contributed by atoms with E-state index in [0.717, 1.165) is 54.2 Å². The topological polar surface area (TPSA) is 84.3 Å². The first-order chi connectivity index (χ1) is 13.7. The quantitative estimate of drug-likeness (QED) is 0.525. The Balaban J connectivity index is 1.62. The lowest BCUT2D eigenvalue weighted by atomic mass is 9.78. The second kappa shape index (κ2) is 7.56. The van der Waals surface area contributed by atoms with Crippen molar-refractivity contribution in [3.63, 3.8) is 0 Å². The van der Waals surface area contributed by atoms with Crippen molar-refractivity contribution in [3.05, 3.63) is 65.4 Å². The van der Waals surface area contributed by atoms with E-state index in [1.165, 1.54) is 0 Å². The second-order valence-corrected chi connectivity index (χ2v) is 7.30. The summed E-state index contributed by atoms with van der Waals surface area (Å²) in [5.74, 6) is 0.239. The van der Waals surface area contributed by atoms with E-state index in [1.807, 2.05) is 35.8 Å². The van der Waals surface area contributed by atoms with Crippen molar-refractivity contribution in [2.45, 2.75) is 37.5 Å². The molecule has 4 rings (SSSR count). The van der Waals surface area contributed by atoms with Crippen molar-refractivity contribution in [2.75, 3.05) is 7.11 Å². The lowest BCUT2D eigenvalue weighted by Gasteiger charge is -2.27. The lowest BCUT2D eigenvalue weighted by molar-refractivity contribution is -0.135. The largest absolute Gasteiger partial charge is 0.481 e. The molecule has 0 bridgehead atoms. The number of nitrogens with one attached hydrogen (secondary N) is 1. The van der Waals surface area contributed by atoms with E-state index < -0.39 is 5.41 Å². The number of carbonyl (C=O) groups is 1. The molecule has 0 atom stereocenters. The fourth-order valence-corrected chi connectivity index (χ4v) is 4.23. The van der Waals surface area contributed by atoms with Gasteiger partial charge in [0.05, 0.1) is 12.5 Å². The highest BCUT2D eigenvalue weighted by Crippen LogP contribution is 2.41. The summed E-state index contributed by atoms with van der Waals surface area (Å²) in [6.07, 6.45) is 6.02. The van der Waals surface area contributed by atoms with Crippen LogP contribution in [0.3, 0.4) is 0 Å². The number of amides is 1. The predicted octanol–water partition coefficient (Wildman–Crippen LogP) is 3.55. The van der Waals surface area contributed by atoms with Gasteiger partial charge in [-0.2, -0.15) is 4.98 Å². The Kier molecular flexibility index (Phi) is 4.96. The minimum absolute atomic E-state index is 0.308. The minimum Gasteiger partial charge on any atom is -0.481 e. The van der Waals surface area contributed by atoms with Crippen molar-refractivity contribution < 1.29 is 14.7 Å². The van der Waals surface area contributed by atoms with Gasteiger partial charge in [-0.1, -0.05) is 37.1 Å². The van der Waals surface area contributed by atoms with Crippen LogP contribution in [0.4, 0.5) is 0 Å². The first-order valence-electron chi connectivity index (χ1n) is 9.49. The first kappa shape index (κ1) is 18.4. The Hall–Kier alpha value is -2.99. The van der Waals surface area contributed by atoms with E-state index in [4.69, 9.17) is 4.74 Å². The van der Waals surface area contributed by atoms with Crippen LogP contribution in [0.2, 0.25) is 0 Å². The summed E-state index contributed by atoms with van der Waals surface area (Å²) in [6.45, 7) is 0. The molecule has 2 heterocycles. The molecule has 1 fully saturated rings. The fourth-order valence-electron chi connectivity index (χ4n) is 4.23. The Morgan fingerprint density at radius 3 is 2.57 bits per heavy atom. The van der Waals surface area contributed by atoms with Crippen LogP contribution in [-0.2, 0) is 16.6 Å². The van der Waals surface area contributed by atoms with Crippen LogP contribution in [0.1, 0.15) is 42.4 Å². The fraction of sp³-hybridized carbons (Fsp3) is 0.318. The maximum atomic E-state index is 12.3. The molecule has 0 radical (unpaired) electrons. The molecule has 0 aliphatic heterocycles. The number of benzene rings is 1. The van der Waals surface area contributed by atoms with Crippen LogP contribution in [0.25, 0.3) is 11.0 Å². The Labute approximate surface area is 163 Å². The maximum absolute atomic E-state index is 12.3. The highest BCUT2D eigenvalue weighted by Gasteiger charge is 2.42. The van der Waals surface area contributed by atoms with Crippen molar-refractivity contribution in [1.82, 2.24) is 15.4 Å². The number of nitrogens with zero attached hydrogens (tertiary/aromatic N) is 2. The molecule has 1 aliphatic rings. The minimum atomic E-state index is -0.614. The molecule has 1 aliphatic carbocycles. The molecule has 2 N–H and O–H groups in total. The maximum Gasteiger partial charge on any atom is 0.253 e. The normalized spacial score (nSPS) is 15.5. The van der Waals surface area contributed by atoms with E-state index >= 15 is 0 Å². The number of carbonyl (C=O) groups excluding carboxylic acids is 1. The summed E-state index contributed by atoms with van der Waals surface area (Å²) in [6, 6.07) is 14.0. The standard InChI is InChI=1S/C22H23N3O3/c1-28-19-9-8-18-16(10-13-23-20(18)24-19)14-15-4-6-17(7-5-15)22(21(26)25-27)11-2-3-12-22/h4-10,13,27H,2-3,11-12,14H2,1H3,(H,25,26). The van der Waals surface area contributed by atoms with Crippen LogP contribution in [0.15, 0.2) is 48.7 Å². The summed E-state index contributed by atoms with van der Waals surface area (Å²) in [5.41, 5.74) is 5.16. The zero-order valence-electron chi connectivity index (χ0n) is 15.8. The molecular formula is C22H23N3O3. The van der Waals surface area contributed by atoms with Gasteiger partial charge in [-0.15, -0.1) is 0 Å². The van der Waals surface area contributed by atoms with Crippen molar-refractivity contribution in [2.24, 2.45) is 0 Å². The molecule has 0 unspecified atom stereocenters. The molecule has 6 heteroatoms. The number of aromatic nitrogens is 2. The van der Waals surface area contributed by atoms with Gasteiger partial charge < -0.3 is 4.74 Å². The third kappa shape index (κ3) is 3.20. The van der Waals surface area contributed by atoms with Gasteiger partial charge in [0.1, 0.15) is 0 Å². The van der Waals surface area contributed by atoms with Crippen LogP contribution in [0, 0.1) is 0 Å². The summed E-state index contributed by atoms with van der Waals surface area (Å²) in [4.78, 5) is 21.1. The van der Waals surface area contributed by atoms with Gasteiger partial charge in [0, 0.05) is 17.6 Å². The molecule has 3 aromatic rings. The number of fused-ring (bicyclic) bond motifs is 1. The van der Waals surface area contributed by atoms with E-state index in [0.29, 0.717) is 11.5 Å². The van der Waals surface area contributed by atoms with E-state index in [1.54, 1.807) is 13.3 Å². The Bertz CT molecular complexity index is 996. The molecule has 144 valence electrons. The molecular weight excluding hydrogens is 354 g/mol. The van der Waals surface area contributed by atoms with Crippen LogP contribution >= 0.6 is 0 Å². The monoisotopic (exact) mass is 377 g/mol. The Morgan fingerprint density at radius 2 is 1.89 bits per heavy atom. The van der Waals surface area contributed by atoms with Crippen LogP contribution in [0.5, 0.6) is 5.88 Å². The van der Waals surface area contributed by atoms with Crippen molar-refractivity contribution >= 4 is 16.9 Å². The SMILES string of the molecule is COc1ccc2c(Cc3ccc(C4(C(=O)NO)CCCC4)cc3)ccnc2n1. The molecule has 0 spiro atoms. The smallest absolute Gasteiger partial charge is 0.253 e. The number of hydrogen-bond acceptors (Lipinski definition) is 5. The number of methoxy groups -OCH3 is 1. The van der Waals surface area contributed by atoms with Gasteiger partial charge in [0.2, 0.25) is 5.88 Å². The molecule has 1 aromatic carbocycles. The molecule has 2 aromatic heterocycles. The first-order valence-corrected chi connectivity index (χ1v) is 9.49. The highest BCUT2D eigenvalue weighted by molar-refractivity contribution is 5.87. The summed E-state index contributed by atoms with van der Waals surface area (Å²) in [7, 11) is 1.59. The average molecular weight is 377 g/mol. The van der Waals surface area contributed by atoms with E-state index in [2.05, 4.69) is 22.1 Å². The van der Waals surface area contributed by atoms with Crippen LogP contribution in [-0.4, -0.2) is 28.2 Å². The predicted molar refractivity (Wildman–Crippen MR) is 105 cm³/mol. The average Bonchev–Trinajstić information content (AvgIpc) is 3.24. The second-order valence-electron chi connectivity index (χ2n) is 7.30. The highest BCUT2D eigenvalue weighted by atomic mass is 16.5. The molecule has 28 heavy (non-hydrogen) atoms. The summed E-state index contributed by atoms with van der Waals surface area (Å²) >= 11 is 0. The Morgan fingerprint density at radius 1 is 1.14 bits per heavy atom. The van der Waals surface area contributed by atoms with E-state index in [-0.39, 0.29) is 5.91 Å². The van der Waals surface area contributed by atoms with Gasteiger partial charge in [0.15, 0.2) is 5.65 Å². The zero-order chi connectivity index (χ0) is 19.6. The lowest BCUT2D eigenvalue weighted by Crippen LogP contribution is -2.41. The molecule has 1 amide bonds. The third-order valence-corrected chi connectivity index (χ3v) is 5.77. The number of rotatable bonds is 5. The molecule has 0 saturated heterocycles. The number of ether oxygens (including phenoxy) is 1. The van der Waals surface area contributed by atoms with Crippen molar-refractivity contribution in [1.29, 1.82) is 0 Å². The zero-order valence-corrected chi connectivity index (χ0v) is 15.8. The number of hydrogen-bond donors (Lipinski definition) is 2. The van der Waals surface area contributed by atoms with Gasteiger partial charge in [0.25, 0.3) is 5.91 Å². The van der Waals surface area contributed by atoms with Crippen molar-refractivity contribution in [3.8, 4) is 5.88 Å². The summed E-state index contributed by atoms with van der Waals surface area (Å²) in [5, 5.41) is 10.2. The molecule has 1 saturated carbocycles. The molecule has 6 nitrogen and oxygen atoms in total. The number of hydroxylamine groups is 1. The van der Waals surface area contributed by atoms with Gasteiger partial charge >= 0.3 is 0 Å². The van der Waals surface area contributed by atoms with Gasteiger partial charge in [-0.05, 0) is 48.1 Å². The van der Waals surface area contributed by atoms with Crippen LogP contribution < -0.4 is 10.2 Å². The summed E-state index contributed by atoms with van der Waals surface area (Å²) < 4.78 is 5.18. The van der Waals surface area contributed by atoms with E-state index in [9.17, 15) is 10.0 Å². The van der Waals surface area contributed by atoms with Gasteiger partial charge in [-0.25, -0.2) is 10.5 Å². The third-order valence-electron chi connectivity index (χ3n) is 5.77.